The van der Waals surface area contributed by atoms with E-state index >= 15 is 0 Å². The van der Waals surface area contributed by atoms with Crippen LogP contribution in [0.4, 0.5) is 0 Å². The van der Waals surface area contributed by atoms with Crippen LogP contribution in [0.5, 0.6) is 0 Å². The topological polar surface area (TPSA) is 119 Å². The van der Waals surface area contributed by atoms with E-state index in [-0.39, 0.29) is 17.3 Å². The molecule has 3 aromatic rings. The summed E-state index contributed by atoms with van der Waals surface area (Å²) < 4.78 is 33.6. The Morgan fingerprint density at radius 1 is 1.13 bits per heavy atom. The molecule has 3 heterocycles. The van der Waals surface area contributed by atoms with E-state index in [0.29, 0.717) is 43.3 Å². The number of benzene rings is 1. The van der Waals surface area contributed by atoms with Gasteiger partial charge in [0.2, 0.25) is 10.0 Å². The highest BCUT2D eigenvalue weighted by Gasteiger charge is 2.26. The second-order valence-corrected chi connectivity index (χ2v) is 8.90. The van der Waals surface area contributed by atoms with Gasteiger partial charge in [0, 0.05) is 38.1 Å². The fourth-order valence-corrected chi connectivity index (χ4v) is 4.62. The molecule has 0 radical (unpaired) electrons. The maximum absolute atomic E-state index is 12.7. The van der Waals surface area contributed by atoms with E-state index in [1.807, 2.05) is 6.07 Å². The van der Waals surface area contributed by atoms with Gasteiger partial charge in [0.1, 0.15) is 11.4 Å². The molecule has 1 fully saturated rings. The van der Waals surface area contributed by atoms with Gasteiger partial charge in [0.25, 0.3) is 5.91 Å². The van der Waals surface area contributed by atoms with Crippen molar-refractivity contribution in [1.29, 1.82) is 0 Å². The summed E-state index contributed by atoms with van der Waals surface area (Å²) in [5, 5.41) is 7.23. The predicted octanol–water partition coefficient (Wildman–Crippen LogP) is 0.828. The molecular formula is C20H22N6O4S. The second kappa shape index (κ2) is 8.92. The van der Waals surface area contributed by atoms with E-state index in [1.54, 1.807) is 30.3 Å². The third kappa shape index (κ3) is 4.63. The molecule has 11 heteroatoms. The van der Waals surface area contributed by atoms with Crippen molar-refractivity contribution < 1.29 is 17.9 Å². The first-order chi connectivity index (χ1) is 14.9. The van der Waals surface area contributed by atoms with Crippen molar-refractivity contribution in [1.82, 2.24) is 29.4 Å². The lowest BCUT2D eigenvalue weighted by molar-refractivity contribution is 0.0730. The fraction of sp³-hybridized carbons (Fsp3) is 0.300. The molecule has 0 bridgehead atoms. The molecule has 0 unspecified atom stereocenters. The van der Waals surface area contributed by atoms with E-state index in [1.165, 1.54) is 28.6 Å². The van der Waals surface area contributed by atoms with Gasteiger partial charge in [-0.2, -0.15) is 9.40 Å². The van der Waals surface area contributed by atoms with E-state index in [9.17, 15) is 13.2 Å². The van der Waals surface area contributed by atoms with Gasteiger partial charge in [0.15, 0.2) is 0 Å². The molecule has 1 aliphatic rings. The van der Waals surface area contributed by atoms with Crippen LogP contribution in [0, 0.1) is 0 Å². The largest absolute Gasteiger partial charge is 0.379 e. The van der Waals surface area contributed by atoms with Crippen molar-refractivity contribution in [3.05, 3.63) is 60.2 Å². The first kappa shape index (κ1) is 21.1. The van der Waals surface area contributed by atoms with E-state index in [4.69, 9.17) is 4.74 Å². The summed E-state index contributed by atoms with van der Waals surface area (Å²) in [6.45, 7) is 1.67. The molecule has 1 aromatic carbocycles. The van der Waals surface area contributed by atoms with Crippen molar-refractivity contribution in [2.45, 2.75) is 11.4 Å². The Kier molecular flexibility index (Phi) is 6.07. The van der Waals surface area contributed by atoms with Crippen LogP contribution in [-0.2, 0) is 28.4 Å². The Morgan fingerprint density at radius 3 is 2.55 bits per heavy atom. The van der Waals surface area contributed by atoms with Crippen LogP contribution >= 0.6 is 0 Å². The van der Waals surface area contributed by atoms with Crippen molar-refractivity contribution in [3.8, 4) is 11.4 Å². The molecule has 162 valence electrons. The molecular weight excluding hydrogens is 420 g/mol. The zero-order valence-corrected chi connectivity index (χ0v) is 17.7. The molecule has 1 aliphatic heterocycles. The first-order valence-electron chi connectivity index (χ1n) is 9.70. The standard InChI is InChI=1S/C20H22N6O4S/c1-25-16(12-18(24-25)19-14-21-6-7-22-19)13-23-20(27)15-2-4-17(5-3-15)31(28,29)26-8-10-30-11-9-26/h2-7,12,14H,8-11,13H2,1H3,(H,23,27). The van der Waals surface area contributed by atoms with Gasteiger partial charge in [-0.15, -0.1) is 0 Å². The molecule has 1 amide bonds. The summed E-state index contributed by atoms with van der Waals surface area (Å²) in [5.41, 5.74) is 2.48. The second-order valence-electron chi connectivity index (χ2n) is 6.96. The number of carbonyl (C=O) groups is 1. The van der Waals surface area contributed by atoms with E-state index in [2.05, 4.69) is 20.4 Å². The van der Waals surface area contributed by atoms with Gasteiger partial charge < -0.3 is 10.1 Å². The van der Waals surface area contributed by atoms with Crippen LogP contribution in [0.2, 0.25) is 0 Å². The van der Waals surface area contributed by atoms with Crippen LogP contribution in [0.1, 0.15) is 16.1 Å². The molecule has 2 aromatic heterocycles. The van der Waals surface area contributed by atoms with Gasteiger partial charge in [0.05, 0.1) is 36.5 Å². The number of amides is 1. The normalized spacial score (nSPS) is 15.0. The van der Waals surface area contributed by atoms with Crippen LogP contribution < -0.4 is 5.32 Å². The minimum Gasteiger partial charge on any atom is -0.379 e. The van der Waals surface area contributed by atoms with Crippen molar-refractivity contribution in [2.24, 2.45) is 7.05 Å². The smallest absolute Gasteiger partial charge is 0.251 e. The Hall–Kier alpha value is -3.15. The summed E-state index contributed by atoms with van der Waals surface area (Å²) in [7, 11) is -1.81. The van der Waals surface area contributed by atoms with Crippen molar-refractivity contribution >= 4 is 15.9 Å². The lowest BCUT2D eigenvalue weighted by Gasteiger charge is -2.26. The summed E-state index contributed by atoms with van der Waals surface area (Å²) in [4.78, 5) is 20.9. The average Bonchev–Trinajstić information content (AvgIpc) is 3.19. The average molecular weight is 443 g/mol. The predicted molar refractivity (Wildman–Crippen MR) is 111 cm³/mol. The van der Waals surface area contributed by atoms with Crippen LogP contribution in [0.15, 0.2) is 53.8 Å². The number of rotatable bonds is 6. The lowest BCUT2D eigenvalue weighted by Crippen LogP contribution is -2.40. The van der Waals surface area contributed by atoms with Crippen molar-refractivity contribution in [2.75, 3.05) is 26.3 Å². The van der Waals surface area contributed by atoms with Gasteiger partial charge >= 0.3 is 0 Å². The van der Waals surface area contributed by atoms with Gasteiger partial charge in [-0.1, -0.05) is 0 Å². The number of aryl methyl sites for hydroxylation is 1. The van der Waals surface area contributed by atoms with E-state index in [0.717, 1.165) is 5.69 Å². The zero-order chi connectivity index (χ0) is 21.8. The molecule has 10 nitrogen and oxygen atoms in total. The van der Waals surface area contributed by atoms with Gasteiger partial charge in [-0.3, -0.25) is 19.4 Å². The molecule has 1 N–H and O–H groups in total. The highest BCUT2D eigenvalue weighted by Crippen LogP contribution is 2.18. The van der Waals surface area contributed by atoms with Crippen LogP contribution in [0.25, 0.3) is 11.4 Å². The van der Waals surface area contributed by atoms with Crippen LogP contribution in [-0.4, -0.2) is 64.7 Å². The van der Waals surface area contributed by atoms with E-state index < -0.39 is 10.0 Å². The lowest BCUT2D eigenvalue weighted by atomic mass is 10.2. The van der Waals surface area contributed by atoms with Crippen LogP contribution in [0.3, 0.4) is 0 Å². The maximum atomic E-state index is 12.7. The number of ether oxygens (including phenoxy) is 1. The minimum atomic E-state index is -3.59. The Labute approximate surface area is 179 Å². The number of hydrogen-bond donors (Lipinski definition) is 1. The Balaban J connectivity index is 1.41. The van der Waals surface area contributed by atoms with Gasteiger partial charge in [-0.25, -0.2) is 8.42 Å². The maximum Gasteiger partial charge on any atom is 0.251 e. The number of carbonyl (C=O) groups excluding carboxylic acids is 1. The molecule has 0 saturated carbocycles. The Bertz CT molecular complexity index is 1160. The number of aromatic nitrogens is 4. The minimum absolute atomic E-state index is 0.159. The first-order valence-corrected chi connectivity index (χ1v) is 11.1. The third-order valence-corrected chi connectivity index (χ3v) is 6.87. The summed E-state index contributed by atoms with van der Waals surface area (Å²) in [6.07, 6.45) is 4.80. The molecule has 0 aliphatic carbocycles. The van der Waals surface area contributed by atoms with Gasteiger partial charge in [-0.05, 0) is 30.3 Å². The summed E-state index contributed by atoms with van der Waals surface area (Å²) >= 11 is 0. The number of morpholine rings is 1. The highest BCUT2D eigenvalue weighted by atomic mass is 32.2. The molecule has 4 rings (SSSR count). The zero-order valence-electron chi connectivity index (χ0n) is 16.9. The highest BCUT2D eigenvalue weighted by molar-refractivity contribution is 7.89. The Morgan fingerprint density at radius 2 is 1.87 bits per heavy atom. The number of nitrogens with one attached hydrogen (secondary N) is 1. The summed E-state index contributed by atoms with van der Waals surface area (Å²) in [5.74, 6) is -0.308. The molecule has 0 atom stereocenters. The monoisotopic (exact) mass is 442 g/mol. The summed E-state index contributed by atoms with van der Waals surface area (Å²) in [6, 6.07) is 7.77. The van der Waals surface area contributed by atoms with Crippen molar-refractivity contribution in [3.63, 3.8) is 0 Å². The number of nitrogens with zero attached hydrogens (tertiary/aromatic N) is 5. The fourth-order valence-electron chi connectivity index (χ4n) is 3.22. The molecule has 1 saturated heterocycles. The third-order valence-electron chi connectivity index (χ3n) is 4.96. The SMILES string of the molecule is Cn1nc(-c2cnccn2)cc1CNC(=O)c1ccc(S(=O)(=O)N2CCOCC2)cc1. The molecule has 31 heavy (non-hydrogen) atoms. The number of hydrogen-bond acceptors (Lipinski definition) is 7. The number of sulfonamides is 1. The quantitative estimate of drug-likeness (QED) is 0.600. The molecule has 0 spiro atoms.